The number of aromatic nitrogens is 2. The normalized spacial score (nSPS) is 16.1. The summed E-state index contributed by atoms with van der Waals surface area (Å²) < 4.78 is 0. The second-order valence-corrected chi connectivity index (χ2v) is 7.54. The summed E-state index contributed by atoms with van der Waals surface area (Å²) in [6.07, 6.45) is 3.59. The van der Waals surface area contributed by atoms with E-state index in [1.807, 2.05) is 65.6 Å². The first-order valence-corrected chi connectivity index (χ1v) is 10.1. The predicted octanol–water partition coefficient (Wildman–Crippen LogP) is 4.98. The lowest BCUT2D eigenvalue weighted by molar-refractivity contribution is 0.0737. The molecule has 5 rings (SSSR count). The van der Waals surface area contributed by atoms with Crippen molar-refractivity contribution in [3.8, 4) is 17.1 Å². The quantitative estimate of drug-likeness (QED) is 0.531. The topological polar surface area (TPSA) is 66.3 Å². The number of carbonyl (C=O) groups is 1. The van der Waals surface area contributed by atoms with Gasteiger partial charge in [-0.15, -0.1) is 0 Å². The van der Waals surface area contributed by atoms with Gasteiger partial charge >= 0.3 is 0 Å². The van der Waals surface area contributed by atoms with Crippen molar-refractivity contribution < 1.29 is 9.90 Å². The maximum absolute atomic E-state index is 13.7. The minimum atomic E-state index is 0.00126. The van der Waals surface area contributed by atoms with Crippen LogP contribution in [0.25, 0.3) is 22.3 Å². The summed E-state index contributed by atoms with van der Waals surface area (Å²) in [7, 11) is 0. The molecule has 4 aromatic rings. The van der Waals surface area contributed by atoms with E-state index in [1.165, 1.54) is 0 Å². The fourth-order valence-corrected chi connectivity index (χ4v) is 4.21. The molecule has 1 aliphatic heterocycles. The molecule has 1 amide bonds. The molecule has 148 valence electrons. The number of carbonyl (C=O) groups excluding carboxylic acids is 1. The number of aromatic hydroxyl groups is 1. The van der Waals surface area contributed by atoms with Crippen LogP contribution in [0.4, 0.5) is 0 Å². The van der Waals surface area contributed by atoms with Crippen molar-refractivity contribution in [3.05, 3.63) is 90.1 Å². The zero-order chi connectivity index (χ0) is 20.5. The molecule has 2 aromatic heterocycles. The molecule has 1 fully saturated rings. The number of hydrogen-bond acceptors (Lipinski definition) is 4. The zero-order valence-corrected chi connectivity index (χ0v) is 16.4. The highest BCUT2D eigenvalue weighted by Crippen LogP contribution is 2.35. The van der Waals surface area contributed by atoms with E-state index in [0.717, 1.165) is 35.0 Å². The summed E-state index contributed by atoms with van der Waals surface area (Å²) in [6.45, 7) is 0.708. The molecule has 0 bridgehead atoms. The molecule has 2 aromatic carbocycles. The molecule has 5 nitrogen and oxygen atoms in total. The van der Waals surface area contributed by atoms with Gasteiger partial charge in [-0.05, 0) is 54.8 Å². The summed E-state index contributed by atoms with van der Waals surface area (Å²) in [4.78, 5) is 24.8. The molecule has 0 radical (unpaired) electrons. The molecule has 1 unspecified atom stereocenters. The van der Waals surface area contributed by atoms with Gasteiger partial charge in [-0.2, -0.15) is 0 Å². The number of fused-ring (bicyclic) bond motifs is 1. The van der Waals surface area contributed by atoms with Gasteiger partial charge in [-0.25, -0.2) is 4.98 Å². The number of rotatable bonds is 3. The van der Waals surface area contributed by atoms with Crippen molar-refractivity contribution in [3.63, 3.8) is 0 Å². The van der Waals surface area contributed by atoms with E-state index in [9.17, 15) is 9.90 Å². The van der Waals surface area contributed by atoms with Gasteiger partial charge in [0.25, 0.3) is 5.91 Å². The van der Waals surface area contributed by atoms with Gasteiger partial charge in [0.2, 0.25) is 0 Å². The predicted molar refractivity (Wildman–Crippen MR) is 116 cm³/mol. The SMILES string of the molecule is O=C(c1cc(-c2ccccn2)nc2ccccc12)N1CCCC1c1ccc(O)cc1. The number of para-hydroxylation sites is 1. The first-order chi connectivity index (χ1) is 14.7. The molecule has 1 aliphatic rings. The summed E-state index contributed by atoms with van der Waals surface area (Å²) in [5.74, 6) is 0.233. The molecule has 1 N–H and O–H groups in total. The smallest absolute Gasteiger partial charge is 0.255 e. The van der Waals surface area contributed by atoms with Crippen LogP contribution in [0.3, 0.4) is 0 Å². The second kappa shape index (κ2) is 7.59. The van der Waals surface area contributed by atoms with Crippen molar-refractivity contribution in [1.29, 1.82) is 0 Å². The van der Waals surface area contributed by atoms with Crippen LogP contribution in [0, 0.1) is 0 Å². The Bertz CT molecular complexity index is 1210. The average molecular weight is 395 g/mol. The lowest BCUT2D eigenvalue weighted by Gasteiger charge is -2.26. The van der Waals surface area contributed by atoms with Crippen LogP contribution >= 0.6 is 0 Å². The molecule has 5 heteroatoms. The van der Waals surface area contributed by atoms with Gasteiger partial charge in [0.15, 0.2) is 0 Å². The molecule has 0 saturated carbocycles. The summed E-state index contributed by atoms with van der Waals surface area (Å²) in [5, 5.41) is 10.5. The summed E-state index contributed by atoms with van der Waals surface area (Å²) >= 11 is 0. The van der Waals surface area contributed by atoms with Crippen molar-refractivity contribution in [2.75, 3.05) is 6.54 Å². The molecule has 1 atom stereocenters. The molecule has 30 heavy (non-hydrogen) atoms. The Balaban J connectivity index is 1.59. The molecular weight excluding hydrogens is 374 g/mol. The number of likely N-dealkylation sites (tertiary alicyclic amines) is 1. The van der Waals surface area contributed by atoms with Crippen LogP contribution in [0.1, 0.15) is 34.8 Å². The Morgan fingerprint density at radius 1 is 0.967 bits per heavy atom. The van der Waals surface area contributed by atoms with E-state index < -0.39 is 0 Å². The van der Waals surface area contributed by atoms with E-state index in [-0.39, 0.29) is 17.7 Å². The Morgan fingerprint density at radius 2 is 1.77 bits per heavy atom. The highest BCUT2D eigenvalue weighted by Gasteiger charge is 2.31. The number of pyridine rings is 2. The van der Waals surface area contributed by atoms with E-state index in [2.05, 4.69) is 4.98 Å². The number of benzene rings is 2. The van der Waals surface area contributed by atoms with Gasteiger partial charge in [0.1, 0.15) is 5.75 Å². The summed E-state index contributed by atoms with van der Waals surface area (Å²) in [6, 6.07) is 22.4. The Morgan fingerprint density at radius 3 is 2.57 bits per heavy atom. The first kappa shape index (κ1) is 18.3. The van der Waals surface area contributed by atoms with Crippen molar-refractivity contribution in [2.24, 2.45) is 0 Å². The highest BCUT2D eigenvalue weighted by molar-refractivity contribution is 6.07. The fraction of sp³-hybridized carbons (Fsp3) is 0.160. The van der Waals surface area contributed by atoms with E-state index in [4.69, 9.17) is 4.98 Å². The largest absolute Gasteiger partial charge is 0.508 e. The van der Waals surface area contributed by atoms with E-state index >= 15 is 0 Å². The molecule has 0 aliphatic carbocycles. The minimum Gasteiger partial charge on any atom is -0.508 e. The van der Waals surface area contributed by atoms with Crippen molar-refractivity contribution in [2.45, 2.75) is 18.9 Å². The van der Waals surface area contributed by atoms with Gasteiger partial charge < -0.3 is 10.0 Å². The van der Waals surface area contributed by atoms with Crippen LogP contribution in [0.5, 0.6) is 5.75 Å². The van der Waals surface area contributed by atoms with Crippen LogP contribution in [0.2, 0.25) is 0 Å². The maximum atomic E-state index is 13.7. The zero-order valence-electron chi connectivity index (χ0n) is 16.4. The number of nitrogens with zero attached hydrogens (tertiary/aromatic N) is 3. The Labute approximate surface area is 174 Å². The van der Waals surface area contributed by atoms with E-state index in [0.29, 0.717) is 17.8 Å². The maximum Gasteiger partial charge on any atom is 0.255 e. The van der Waals surface area contributed by atoms with Crippen molar-refractivity contribution in [1.82, 2.24) is 14.9 Å². The second-order valence-electron chi connectivity index (χ2n) is 7.54. The van der Waals surface area contributed by atoms with Crippen LogP contribution in [-0.4, -0.2) is 32.4 Å². The Hall–Kier alpha value is -3.73. The number of phenols is 1. The van der Waals surface area contributed by atoms with Gasteiger partial charge in [0, 0.05) is 18.1 Å². The van der Waals surface area contributed by atoms with Crippen LogP contribution in [0.15, 0.2) is 79.0 Å². The summed E-state index contributed by atoms with van der Waals surface area (Å²) in [5.41, 5.74) is 3.91. The molecular formula is C25H21N3O2. The third kappa shape index (κ3) is 3.28. The first-order valence-electron chi connectivity index (χ1n) is 10.1. The highest BCUT2D eigenvalue weighted by atomic mass is 16.3. The lowest BCUT2D eigenvalue weighted by atomic mass is 10.0. The lowest BCUT2D eigenvalue weighted by Crippen LogP contribution is -2.30. The molecule has 1 saturated heterocycles. The fourth-order valence-electron chi connectivity index (χ4n) is 4.21. The number of hydrogen-bond donors (Lipinski definition) is 1. The molecule has 0 spiro atoms. The average Bonchev–Trinajstić information content (AvgIpc) is 3.29. The van der Waals surface area contributed by atoms with Crippen molar-refractivity contribution >= 4 is 16.8 Å². The monoisotopic (exact) mass is 395 g/mol. The van der Waals surface area contributed by atoms with Gasteiger partial charge in [-0.1, -0.05) is 36.4 Å². The Kier molecular flexibility index (Phi) is 4.64. The van der Waals surface area contributed by atoms with E-state index in [1.54, 1.807) is 18.3 Å². The molecule has 3 heterocycles. The van der Waals surface area contributed by atoms with Gasteiger partial charge in [-0.3, -0.25) is 9.78 Å². The third-order valence-electron chi connectivity index (χ3n) is 5.67. The third-order valence-corrected chi connectivity index (χ3v) is 5.67. The number of phenolic OH excluding ortho intramolecular Hbond substituents is 1. The minimum absolute atomic E-state index is 0.00126. The standard InChI is InChI=1S/C25H21N3O2/c29-18-12-10-17(11-13-18)24-9-5-15-28(24)25(30)20-16-23(22-8-3-4-14-26-22)27-21-7-2-1-6-19(20)21/h1-4,6-8,10-14,16,24,29H,5,9,15H2. The number of amides is 1. The van der Waals surface area contributed by atoms with Gasteiger partial charge in [0.05, 0.1) is 28.5 Å². The van der Waals surface area contributed by atoms with Crippen LogP contribution < -0.4 is 0 Å². The van der Waals surface area contributed by atoms with Crippen LogP contribution in [-0.2, 0) is 0 Å².